The Morgan fingerprint density at radius 1 is 0.632 bits per heavy atom. The van der Waals surface area contributed by atoms with Gasteiger partial charge in [-0.3, -0.25) is 0 Å². The van der Waals surface area contributed by atoms with Crippen LogP contribution in [0.5, 0.6) is 11.5 Å². The molecule has 1 nitrogen and oxygen atoms in total. The Hall–Kier alpha value is -2.54. The van der Waals surface area contributed by atoms with E-state index in [1.165, 1.54) is 5.56 Å². The first-order chi connectivity index (χ1) is 9.42. The third kappa shape index (κ3) is 2.83. The van der Waals surface area contributed by atoms with E-state index in [9.17, 15) is 0 Å². The van der Waals surface area contributed by atoms with Gasteiger partial charge < -0.3 is 4.74 Å². The summed E-state index contributed by atoms with van der Waals surface area (Å²) in [7, 11) is 0. The maximum absolute atomic E-state index is 5.82. The summed E-state index contributed by atoms with van der Waals surface area (Å²) in [4.78, 5) is 0. The van der Waals surface area contributed by atoms with Crippen LogP contribution in [0.4, 0.5) is 0 Å². The largest absolute Gasteiger partial charge is 0.457 e. The fourth-order valence-corrected chi connectivity index (χ4v) is 1.95. The molecular weight excluding hydrogens is 232 g/mol. The highest BCUT2D eigenvalue weighted by atomic mass is 16.5. The minimum Gasteiger partial charge on any atom is -0.457 e. The molecule has 19 heavy (non-hydrogen) atoms. The smallest absolute Gasteiger partial charge is 0.128 e. The molecule has 0 atom stereocenters. The second-order valence-electron chi connectivity index (χ2n) is 4.23. The van der Waals surface area contributed by atoms with E-state index in [1.807, 2.05) is 60.7 Å². The molecule has 0 N–H and O–H groups in total. The molecule has 0 heterocycles. The van der Waals surface area contributed by atoms with Gasteiger partial charge in [0.15, 0.2) is 0 Å². The average molecular weight is 245 g/mol. The minimum absolute atomic E-state index is 0.823. The topological polar surface area (TPSA) is 9.23 Å². The number of hydrogen-bond acceptors (Lipinski definition) is 1. The third-order valence-corrected chi connectivity index (χ3v) is 2.86. The van der Waals surface area contributed by atoms with Gasteiger partial charge in [-0.15, -0.1) is 0 Å². The Labute approximate surface area is 113 Å². The highest BCUT2D eigenvalue weighted by Gasteiger charge is 2.00. The monoisotopic (exact) mass is 245 g/mol. The van der Waals surface area contributed by atoms with E-state index in [2.05, 4.69) is 24.3 Å². The summed E-state index contributed by atoms with van der Waals surface area (Å²) >= 11 is 0. The van der Waals surface area contributed by atoms with E-state index in [4.69, 9.17) is 4.74 Å². The first-order valence-corrected chi connectivity index (χ1v) is 6.21. The van der Waals surface area contributed by atoms with Gasteiger partial charge in [-0.2, -0.15) is 0 Å². The zero-order valence-electron chi connectivity index (χ0n) is 10.4. The van der Waals surface area contributed by atoms with Crippen LogP contribution >= 0.6 is 0 Å². The van der Waals surface area contributed by atoms with Crippen molar-refractivity contribution in [1.82, 2.24) is 0 Å². The van der Waals surface area contributed by atoms with E-state index in [-0.39, 0.29) is 0 Å². The molecule has 0 spiro atoms. The van der Waals surface area contributed by atoms with Gasteiger partial charge >= 0.3 is 0 Å². The molecule has 0 fully saturated rings. The molecule has 0 saturated carbocycles. The molecule has 0 aromatic heterocycles. The third-order valence-electron chi connectivity index (χ3n) is 2.86. The van der Waals surface area contributed by atoms with Crippen LogP contribution in [0, 0.1) is 6.07 Å². The molecule has 0 aliphatic rings. The van der Waals surface area contributed by atoms with Crippen LogP contribution in [0.3, 0.4) is 0 Å². The lowest BCUT2D eigenvalue weighted by atomic mass is 10.1. The molecule has 1 radical (unpaired) electrons. The van der Waals surface area contributed by atoms with Gasteiger partial charge in [-0.1, -0.05) is 54.6 Å². The van der Waals surface area contributed by atoms with Crippen molar-refractivity contribution < 1.29 is 4.74 Å². The van der Waals surface area contributed by atoms with Crippen molar-refractivity contribution in [3.8, 4) is 22.6 Å². The minimum atomic E-state index is 0.823. The van der Waals surface area contributed by atoms with Gasteiger partial charge in [0.1, 0.15) is 11.5 Å². The molecule has 0 unspecified atom stereocenters. The number of hydrogen-bond donors (Lipinski definition) is 0. The van der Waals surface area contributed by atoms with Gasteiger partial charge in [-0.25, -0.2) is 0 Å². The van der Waals surface area contributed by atoms with Crippen LogP contribution in [-0.2, 0) is 0 Å². The highest BCUT2D eigenvalue weighted by molar-refractivity contribution is 5.65. The predicted molar refractivity (Wildman–Crippen MR) is 77.2 cm³/mol. The Morgan fingerprint density at radius 2 is 1.37 bits per heavy atom. The van der Waals surface area contributed by atoms with E-state index in [0.29, 0.717) is 0 Å². The van der Waals surface area contributed by atoms with Crippen molar-refractivity contribution in [3.63, 3.8) is 0 Å². The first kappa shape index (κ1) is 11.5. The fourth-order valence-electron chi connectivity index (χ4n) is 1.95. The van der Waals surface area contributed by atoms with E-state index in [1.54, 1.807) is 0 Å². The molecule has 1 heteroatoms. The molecule has 0 amide bonds. The maximum atomic E-state index is 5.82. The summed E-state index contributed by atoms with van der Waals surface area (Å²) in [5, 5.41) is 0. The summed E-state index contributed by atoms with van der Waals surface area (Å²) in [5.74, 6) is 1.66. The summed E-state index contributed by atoms with van der Waals surface area (Å²) in [6, 6.07) is 28.8. The first-order valence-electron chi connectivity index (χ1n) is 6.21. The molecule has 3 aromatic rings. The quantitative estimate of drug-likeness (QED) is 0.634. The van der Waals surface area contributed by atoms with Crippen molar-refractivity contribution in [2.75, 3.05) is 0 Å². The summed E-state index contributed by atoms with van der Waals surface area (Å²) in [5.41, 5.74) is 2.34. The molecule has 3 rings (SSSR count). The Balaban J connectivity index is 1.89. The van der Waals surface area contributed by atoms with Crippen molar-refractivity contribution in [1.29, 1.82) is 0 Å². The number of rotatable bonds is 3. The lowest BCUT2D eigenvalue weighted by molar-refractivity contribution is 0.483. The predicted octanol–water partition coefficient (Wildman–Crippen LogP) is 4.95. The Bertz CT molecular complexity index is 645. The van der Waals surface area contributed by atoms with E-state index >= 15 is 0 Å². The normalized spacial score (nSPS) is 10.1. The van der Waals surface area contributed by atoms with Crippen LogP contribution in [0.25, 0.3) is 11.1 Å². The Morgan fingerprint density at radius 3 is 2.16 bits per heavy atom. The van der Waals surface area contributed by atoms with Gasteiger partial charge in [0.2, 0.25) is 0 Å². The number of benzene rings is 3. The van der Waals surface area contributed by atoms with Gasteiger partial charge in [0.25, 0.3) is 0 Å². The van der Waals surface area contributed by atoms with Gasteiger partial charge in [0.05, 0.1) is 0 Å². The summed E-state index contributed by atoms with van der Waals surface area (Å²) in [6.07, 6.45) is 0. The molecule has 0 aliphatic heterocycles. The van der Waals surface area contributed by atoms with Crippen LogP contribution in [0.2, 0.25) is 0 Å². The van der Waals surface area contributed by atoms with Gasteiger partial charge in [-0.05, 0) is 41.5 Å². The van der Waals surface area contributed by atoms with Crippen molar-refractivity contribution >= 4 is 0 Å². The second kappa shape index (κ2) is 5.40. The SMILES string of the molecule is [c]1ccc(Oc2cccc(-c3ccccc3)c2)cc1. The molecule has 3 aromatic carbocycles. The van der Waals surface area contributed by atoms with Crippen molar-refractivity contribution in [2.45, 2.75) is 0 Å². The van der Waals surface area contributed by atoms with Crippen molar-refractivity contribution in [3.05, 3.63) is 84.9 Å². The molecular formula is C18H13O. The van der Waals surface area contributed by atoms with Crippen LogP contribution in [0.1, 0.15) is 0 Å². The molecule has 91 valence electrons. The zero-order chi connectivity index (χ0) is 12.9. The summed E-state index contributed by atoms with van der Waals surface area (Å²) < 4.78 is 5.82. The standard InChI is InChI=1S/C18H13O/c1-3-8-15(9-4-1)16-10-7-13-18(14-16)19-17-11-5-2-6-12-17/h1,3-14H. The average Bonchev–Trinajstić information content (AvgIpc) is 2.49. The van der Waals surface area contributed by atoms with Crippen LogP contribution in [0.15, 0.2) is 78.9 Å². The zero-order valence-corrected chi connectivity index (χ0v) is 10.4. The lowest BCUT2D eigenvalue weighted by Crippen LogP contribution is -1.84. The second-order valence-corrected chi connectivity index (χ2v) is 4.23. The fraction of sp³-hybridized carbons (Fsp3) is 0. The van der Waals surface area contributed by atoms with Gasteiger partial charge in [0, 0.05) is 0 Å². The van der Waals surface area contributed by atoms with Crippen LogP contribution < -0.4 is 4.74 Å². The lowest BCUT2D eigenvalue weighted by Gasteiger charge is -2.07. The van der Waals surface area contributed by atoms with Crippen molar-refractivity contribution in [2.24, 2.45) is 0 Å². The molecule has 0 aliphatic carbocycles. The highest BCUT2D eigenvalue weighted by Crippen LogP contribution is 2.26. The summed E-state index contributed by atoms with van der Waals surface area (Å²) in [6.45, 7) is 0. The van der Waals surface area contributed by atoms with Crippen LogP contribution in [-0.4, -0.2) is 0 Å². The Kier molecular flexibility index (Phi) is 3.28. The van der Waals surface area contributed by atoms with E-state index in [0.717, 1.165) is 17.1 Å². The maximum Gasteiger partial charge on any atom is 0.128 e. The molecule has 0 saturated heterocycles. The molecule has 0 bridgehead atoms. The van der Waals surface area contributed by atoms with E-state index < -0.39 is 0 Å². The number of ether oxygens (including phenoxy) is 1.